The molecule has 3 N–H and O–H groups in total. The average Bonchev–Trinajstić information content (AvgIpc) is 3.28. The Balaban J connectivity index is 1.22. The maximum absolute atomic E-state index is 13.3. The summed E-state index contributed by atoms with van der Waals surface area (Å²) in [5.41, 5.74) is 2.00. The Morgan fingerprint density at radius 2 is 1.75 bits per heavy atom. The monoisotopic (exact) mass is 561 g/mol. The number of hydrogen-bond donors (Lipinski definition) is 3. The molecule has 2 aliphatic carbocycles. The van der Waals surface area contributed by atoms with Gasteiger partial charge in [0.15, 0.2) is 0 Å². The summed E-state index contributed by atoms with van der Waals surface area (Å²) in [6.45, 7) is 3.45. The Bertz CT molecular complexity index is 1530. The zero-order valence-corrected chi connectivity index (χ0v) is 24.2. The van der Waals surface area contributed by atoms with Gasteiger partial charge >= 0.3 is 0 Å². The third-order valence-electron chi connectivity index (χ3n) is 8.31. The number of amides is 1. The van der Waals surface area contributed by atoms with Gasteiger partial charge in [0, 0.05) is 41.5 Å². The normalized spacial score (nSPS) is 22.4. The molecule has 8 heteroatoms. The molecule has 0 saturated heterocycles. The van der Waals surface area contributed by atoms with E-state index < -0.39 is 21.7 Å². The second-order valence-electron chi connectivity index (χ2n) is 11.7. The van der Waals surface area contributed by atoms with Gasteiger partial charge in [-0.05, 0) is 75.8 Å². The number of aliphatic hydroxyl groups is 1. The van der Waals surface area contributed by atoms with Crippen molar-refractivity contribution < 1.29 is 18.3 Å². The number of benzene rings is 2. The molecule has 1 fully saturated rings. The van der Waals surface area contributed by atoms with Crippen molar-refractivity contribution in [1.82, 2.24) is 14.6 Å². The van der Waals surface area contributed by atoms with Gasteiger partial charge in [-0.2, -0.15) is 0 Å². The summed E-state index contributed by atoms with van der Waals surface area (Å²) in [7, 11) is -1.73. The van der Waals surface area contributed by atoms with E-state index in [9.17, 15) is 18.3 Å². The van der Waals surface area contributed by atoms with Gasteiger partial charge in [-0.1, -0.05) is 54.6 Å². The first-order valence-corrected chi connectivity index (χ1v) is 15.5. The van der Waals surface area contributed by atoms with Crippen LogP contribution >= 0.6 is 0 Å². The minimum atomic E-state index is -3.72. The van der Waals surface area contributed by atoms with Gasteiger partial charge in [0.25, 0.3) is 0 Å². The largest absolute Gasteiger partial charge is 0.388 e. The number of allylic oxidation sites excluding steroid dienone is 3. The lowest BCUT2D eigenvalue weighted by Crippen LogP contribution is -2.55. The van der Waals surface area contributed by atoms with Crippen LogP contribution < -0.4 is 10.0 Å². The molecule has 0 bridgehead atoms. The Morgan fingerprint density at radius 1 is 1.02 bits per heavy atom. The topological polar surface area (TPSA) is 100 Å². The number of carbonyl (C=O) groups excluding carboxylic acids is 1. The summed E-state index contributed by atoms with van der Waals surface area (Å²) in [4.78, 5) is 13.4. The third kappa shape index (κ3) is 6.09. The lowest BCUT2D eigenvalue weighted by molar-refractivity contribution is -0.129. The summed E-state index contributed by atoms with van der Waals surface area (Å²) in [5, 5.41) is 14.7. The Kier molecular flexibility index (Phi) is 8.04. The molecule has 1 heterocycles. The molecule has 1 amide bonds. The number of carbonyl (C=O) groups is 1. The fourth-order valence-corrected chi connectivity index (χ4v) is 7.41. The SMILES string of the molecule is Cn1c(-c2ccccc2)cc2cc(S(=O)(=O)NC3CCC(C(=O)N[C@@H](C4C=CC=CC4)C(C)(C)O)CC3)ccc21. The maximum atomic E-state index is 13.3. The minimum absolute atomic E-state index is 0.0304. The molecule has 212 valence electrons. The predicted molar refractivity (Wildman–Crippen MR) is 159 cm³/mol. The maximum Gasteiger partial charge on any atom is 0.240 e. The molecule has 0 aliphatic heterocycles. The summed E-state index contributed by atoms with van der Waals surface area (Å²) in [6.07, 6.45) is 11.1. The van der Waals surface area contributed by atoms with E-state index in [0.29, 0.717) is 25.7 Å². The smallest absolute Gasteiger partial charge is 0.240 e. The lowest BCUT2D eigenvalue weighted by atomic mass is 9.81. The molecule has 0 radical (unpaired) electrons. The van der Waals surface area contributed by atoms with E-state index in [0.717, 1.165) is 28.6 Å². The number of aromatic nitrogens is 1. The second-order valence-corrected chi connectivity index (χ2v) is 13.4. The van der Waals surface area contributed by atoms with Gasteiger partial charge in [-0.25, -0.2) is 13.1 Å². The summed E-state index contributed by atoms with van der Waals surface area (Å²) in [6, 6.07) is 16.7. The fraction of sp³-hybridized carbons (Fsp3) is 0.406. The molecule has 1 saturated carbocycles. The van der Waals surface area contributed by atoms with Crippen molar-refractivity contribution in [1.29, 1.82) is 0 Å². The van der Waals surface area contributed by atoms with Crippen LogP contribution in [0.4, 0.5) is 0 Å². The van der Waals surface area contributed by atoms with E-state index in [1.807, 2.05) is 73.8 Å². The van der Waals surface area contributed by atoms with Crippen LogP contribution in [0.3, 0.4) is 0 Å². The molecule has 40 heavy (non-hydrogen) atoms. The van der Waals surface area contributed by atoms with Crippen LogP contribution in [0.1, 0.15) is 46.0 Å². The Morgan fingerprint density at radius 3 is 2.40 bits per heavy atom. The van der Waals surface area contributed by atoms with Crippen molar-refractivity contribution in [2.45, 2.75) is 68.5 Å². The highest BCUT2D eigenvalue weighted by Gasteiger charge is 2.37. The summed E-state index contributed by atoms with van der Waals surface area (Å²) < 4.78 is 31.6. The molecule has 2 atom stereocenters. The van der Waals surface area contributed by atoms with Crippen LogP contribution in [0, 0.1) is 11.8 Å². The molecule has 2 aliphatic rings. The number of nitrogens with one attached hydrogen (secondary N) is 2. The van der Waals surface area contributed by atoms with Gasteiger partial charge in [-0.15, -0.1) is 0 Å². The van der Waals surface area contributed by atoms with Crippen LogP contribution in [0.25, 0.3) is 22.2 Å². The highest BCUT2D eigenvalue weighted by atomic mass is 32.2. The molecular weight excluding hydrogens is 522 g/mol. The molecule has 2 aromatic carbocycles. The van der Waals surface area contributed by atoms with Crippen molar-refractivity contribution in [2.75, 3.05) is 0 Å². The summed E-state index contributed by atoms with van der Waals surface area (Å²) >= 11 is 0. The number of hydrogen-bond acceptors (Lipinski definition) is 4. The summed E-state index contributed by atoms with van der Waals surface area (Å²) in [5.74, 6) is -0.242. The first-order valence-electron chi connectivity index (χ1n) is 14.1. The quantitative estimate of drug-likeness (QED) is 0.358. The van der Waals surface area contributed by atoms with Crippen LogP contribution in [0.5, 0.6) is 0 Å². The van der Waals surface area contributed by atoms with Crippen molar-refractivity contribution >= 4 is 26.8 Å². The number of rotatable bonds is 8. The van der Waals surface area contributed by atoms with E-state index in [1.54, 1.807) is 26.0 Å². The average molecular weight is 562 g/mol. The zero-order valence-electron chi connectivity index (χ0n) is 23.4. The van der Waals surface area contributed by atoms with Gasteiger partial charge in [-0.3, -0.25) is 4.79 Å². The number of aryl methyl sites for hydroxylation is 1. The van der Waals surface area contributed by atoms with Gasteiger partial charge in [0.2, 0.25) is 15.9 Å². The first kappa shape index (κ1) is 28.3. The first-order chi connectivity index (χ1) is 19.0. The van der Waals surface area contributed by atoms with Crippen molar-refractivity contribution in [2.24, 2.45) is 18.9 Å². The molecule has 0 spiro atoms. The van der Waals surface area contributed by atoms with E-state index in [4.69, 9.17) is 0 Å². The lowest BCUT2D eigenvalue weighted by Gasteiger charge is -2.37. The van der Waals surface area contributed by atoms with Crippen LogP contribution in [-0.4, -0.2) is 41.7 Å². The van der Waals surface area contributed by atoms with Crippen molar-refractivity contribution in [3.05, 3.63) is 78.9 Å². The third-order valence-corrected chi connectivity index (χ3v) is 9.83. The zero-order chi connectivity index (χ0) is 28.5. The van der Waals surface area contributed by atoms with Gasteiger partial charge in [0.05, 0.1) is 16.5 Å². The van der Waals surface area contributed by atoms with Crippen molar-refractivity contribution in [3.8, 4) is 11.3 Å². The Hall–Kier alpha value is -3.20. The van der Waals surface area contributed by atoms with Crippen molar-refractivity contribution in [3.63, 3.8) is 0 Å². The van der Waals surface area contributed by atoms with Crippen LogP contribution in [-0.2, 0) is 21.9 Å². The molecule has 1 unspecified atom stereocenters. The molecule has 1 aromatic heterocycles. The van der Waals surface area contributed by atoms with E-state index in [-0.39, 0.29) is 28.7 Å². The molecular formula is C32H39N3O4S. The van der Waals surface area contributed by atoms with E-state index >= 15 is 0 Å². The molecule has 5 rings (SSSR count). The second kappa shape index (κ2) is 11.4. The predicted octanol–water partition coefficient (Wildman–Crippen LogP) is 5.07. The van der Waals surface area contributed by atoms with Crippen LogP contribution in [0.15, 0.2) is 83.8 Å². The highest BCUT2D eigenvalue weighted by Crippen LogP contribution is 2.31. The van der Waals surface area contributed by atoms with Gasteiger partial charge in [0.1, 0.15) is 0 Å². The Labute approximate surface area is 237 Å². The fourth-order valence-electron chi connectivity index (χ4n) is 6.07. The number of fused-ring (bicyclic) bond motifs is 1. The minimum Gasteiger partial charge on any atom is -0.388 e. The van der Waals surface area contributed by atoms with Crippen LogP contribution in [0.2, 0.25) is 0 Å². The number of sulfonamides is 1. The standard InChI is InChI=1S/C32H39N3O4S/c1-32(2,37)30(23-12-8-5-9-13-23)33-31(36)24-14-16-26(17-15-24)34-40(38,39)27-18-19-28-25(20-27)21-29(35(28)3)22-10-6-4-7-11-22/h4-12,18-21,23-24,26,30,34,37H,13-17H2,1-3H3,(H,33,36)/t23?,24?,26?,30-/m0/s1. The highest BCUT2D eigenvalue weighted by molar-refractivity contribution is 7.89. The molecule has 7 nitrogen and oxygen atoms in total. The van der Waals surface area contributed by atoms with E-state index in [1.165, 1.54) is 0 Å². The van der Waals surface area contributed by atoms with Gasteiger partial charge < -0.3 is 15.0 Å². The number of nitrogens with zero attached hydrogens (tertiary/aromatic N) is 1. The van der Waals surface area contributed by atoms with E-state index in [2.05, 4.69) is 14.6 Å². The molecule has 3 aromatic rings.